The number of aromatic amines is 1. The van der Waals surface area contributed by atoms with Gasteiger partial charge in [-0.05, 0) is 18.9 Å². The lowest BCUT2D eigenvalue weighted by atomic mass is 10.1. The van der Waals surface area contributed by atoms with E-state index in [4.69, 9.17) is 5.73 Å². The van der Waals surface area contributed by atoms with Crippen LogP contribution in [0.25, 0.3) is 0 Å². The van der Waals surface area contributed by atoms with E-state index in [9.17, 15) is 0 Å². The zero-order chi connectivity index (χ0) is 7.56. The Morgan fingerprint density at radius 3 is 2.70 bits per heavy atom. The number of H-pyrrole nitrogens is 1. The van der Waals surface area contributed by atoms with Crippen LogP contribution in [0.3, 0.4) is 0 Å². The molecule has 1 aromatic heterocycles. The molecule has 56 valence electrons. The van der Waals surface area contributed by atoms with Crippen molar-refractivity contribution < 1.29 is 0 Å². The van der Waals surface area contributed by atoms with Crippen LogP contribution >= 0.6 is 0 Å². The maximum absolute atomic E-state index is 5.46. The molecule has 0 amide bonds. The van der Waals surface area contributed by atoms with Crippen molar-refractivity contribution >= 4 is 0 Å². The van der Waals surface area contributed by atoms with Gasteiger partial charge in [-0.15, -0.1) is 0 Å². The van der Waals surface area contributed by atoms with Gasteiger partial charge in [0.05, 0.1) is 5.69 Å². The van der Waals surface area contributed by atoms with Crippen LogP contribution in [0, 0.1) is 6.92 Å². The topological polar surface area (TPSA) is 54.7 Å². The molecular formula is C7H13N3. The Kier molecular flexibility index (Phi) is 2.06. The van der Waals surface area contributed by atoms with E-state index in [1.807, 2.05) is 6.92 Å². The highest BCUT2D eigenvalue weighted by atomic mass is 15.1. The molecule has 1 aromatic rings. The molecule has 3 heteroatoms. The van der Waals surface area contributed by atoms with Gasteiger partial charge in [0, 0.05) is 12.2 Å². The Balaban J connectivity index is 3.01. The molecule has 0 spiro atoms. The molecule has 0 aliphatic rings. The first kappa shape index (κ1) is 7.28. The highest BCUT2D eigenvalue weighted by Gasteiger charge is 2.04. The van der Waals surface area contributed by atoms with Gasteiger partial charge in [0.15, 0.2) is 0 Å². The summed E-state index contributed by atoms with van der Waals surface area (Å²) in [5.74, 6) is 0. The molecule has 0 aromatic carbocycles. The third kappa shape index (κ3) is 1.04. The van der Waals surface area contributed by atoms with E-state index in [0.29, 0.717) is 6.54 Å². The predicted octanol–water partition coefficient (Wildman–Crippen LogP) is 0.739. The number of nitrogens with one attached hydrogen (secondary N) is 1. The summed E-state index contributed by atoms with van der Waals surface area (Å²) < 4.78 is 0. The van der Waals surface area contributed by atoms with Crippen molar-refractivity contribution in [2.24, 2.45) is 5.73 Å². The monoisotopic (exact) mass is 139 g/mol. The van der Waals surface area contributed by atoms with Gasteiger partial charge in [-0.1, -0.05) is 6.92 Å². The Morgan fingerprint density at radius 1 is 1.60 bits per heavy atom. The van der Waals surface area contributed by atoms with Gasteiger partial charge in [-0.2, -0.15) is 5.10 Å². The fraction of sp³-hybridized carbons (Fsp3) is 0.571. The highest BCUT2D eigenvalue weighted by molar-refractivity contribution is 5.23. The van der Waals surface area contributed by atoms with E-state index in [2.05, 4.69) is 17.1 Å². The third-order valence-corrected chi connectivity index (χ3v) is 1.71. The number of aromatic nitrogens is 2. The molecule has 0 fully saturated rings. The smallest absolute Gasteiger partial charge is 0.0792 e. The van der Waals surface area contributed by atoms with Crippen molar-refractivity contribution in [1.82, 2.24) is 10.2 Å². The zero-order valence-corrected chi connectivity index (χ0v) is 6.44. The van der Waals surface area contributed by atoms with E-state index in [1.165, 1.54) is 5.56 Å². The zero-order valence-electron chi connectivity index (χ0n) is 6.44. The SMILES string of the molecule is CCc1c(CN)n[nH]c1C. The van der Waals surface area contributed by atoms with Crippen LogP contribution in [0.5, 0.6) is 0 Å². The molecule has 3 N–H and O–H groups in total. The molecule has 1 rings (SSSR count). The molecule has 0 saturated carbocycles. The number of nitrogens with two attached hydrogens (primary N) is 1. The van der Waals surface area contributed by atoms with Crippen molar-refractivity contribution in [3.63, 3.8) is 0 Å². The van der Waals surface area contributed by atoms with Gasteiger partial charge in [0.1, 0.15) is 0 Å². The molecule has 10 heavy (non-hydrogen) atoms. The maximum atomic E-state index is 5.46. The lowest BCUT2D eigenvalue weighted by Crippen LogP contribution is -1.99. The van der Waals surface area contributed by atoms with Crippen molar-refractivity contribution in [3.05, 3.63) is 17.0 Å². The van der Waals surface area contributed by atoms with Gasteiger partial charge >= 0.3 is 0 Å². The Hall–Kier alpha value is -0.830. The fourth-order valence-electron chi connectivity index (χ4n) is 1.14. The summed E-state index contributed by atoms with van der Waals surface area (Å²) >= 11 is 0. The molecule has 0 saturated heterocycles. The van der Waals surface area contributed by atoms with Crippen LogP contribution in [-0.4, -0.2) is 10.2 Å². The van der Waals surface area contributed by atoms with Crippen molar-refractivity contribution in [1.29, 1.82) is 0 Å². The second kappa shape index (κ2) is 2.84. The standard InChI is InChI=1S/C7H13N3/c1-3-6-5(2)9-10-7(6)4-8/h3-4,8H2,1-2H3,(H,9,10). The van der Waals surface area contributed by atoms with Crippen molar-refractivity contribution in [2.75, 3.05) is 0 Å². The van der Waals surface area contributed by atoms with Gasteiger partial charge in [-0.3, -0.25) is 5.10 Å². The van der Waals surface area contributed by atoms with E-state index in [-0.39, 0.29) is 0 Å². The molecule has 0 radical (unpaired) electrons. The number of aryl methyl sites for hydroxylation is 1. The van der Waals surface area contributed by atoms with Crippen LogP contribution in [0.15, 0.2) is 0 Å². The van der Waals surface area contributed by atoms with Crippen LogP contribution in [0.4, 0.5) is 0 Å². The predicted molar refractivity (Wildman–Crippen MR) is 40.6 cm³/mol. The maximum Gasteiger partial charge on any atom is 0.0792 e. The van der Waals surface area contributed by atoms with Gasteiger partial charge in [-0.25, -0.2) is 0 Å². The van der Waals surface area contributed by atoms with Gasteiger partial charge in [0.2, 0.25) is 0 Å². The Morgan fingerprint density at radius 2 is 2.30 bits per heavy atom. The van der Waals surface area contributed by atoms with Crippen LogP contribution < -0.4 is 5.73 Å². The largest absolute Gasteiger partial charge is 0.325 e. The molecule has 0 atom stereocenters. The average Bonchev–Trinajstić information content (AvgIpc) is 2.30. The van der Waals surface area contributed by atoms with Crippen LogP contribution in [0.2, 0.25) is 0 Å². The van der Waals surface area contributed by atoms with Gasteiger partial charge in [0.25, 0.3) is 0 Å². The molecular weight excluding hydrogens is 126 g/mol. The summed E-state index contributed by atoms with van der Waals surface area (Å²) in [6.45, 7) is 4.66. The summed E-state index contributed by atoms with van der Waals surface area (Å²) in [6.07, 6.45) is 1.01. The summed E-state index contributed by atoms with van der Waals surface area (Å²) in [5, 5.41) is 6.96. The minimum Gasteiger partial charge on any atom is -0.325 e. The molecule has 0 unspecified atom stereocenters. The van der Waals surface area contributed by atoms with Crippen LogP contribution in [0.1, 0.15) is 23.9 Å². The molecule has 0 aliphatic heterocycles. The first-order valence-electron chi connectivity index (χ1n) is 3.52. The minimum absolute atomic E-state index is 0.535. The Bertz CT molecular complexity index is 215. The Labute approximate surface area is 60.6 Å². The lowest BCUT2D eigenvalue weighted by molar-refractivity contribution is 0.927. The van der Waals surface area contributed by atoms with Gasteiger partial charge < -0.3 is 5.73 Å². The molecule has 0 aliphatic carbocycles. The summed E-state index contributed by atoms with van der Waals surface area (Å²) in [6, 6.07) is 0. The number of rotatable bonds is 2. The minimum atomic E-state index is 0.535. The second-order valence-corrected chi connectivity index (χ2v) is 2.33. The fourth-order valence-corrected chi connectivity index (χ4v) is 1.14. The average molecular weight is 139 g/mol. The molecule has 3 nitrogen and oxygen atoms in total. The van der Waals surface area contributed by atoms with E-state index >= 15 is 0 Å². The normalized spacial score (nSPS) is 10.3. The lowest BCUT2D eigenvalue weighted by Gasteiger charge is -1.94. The van der Waals surface area contributed by atoms with Crippen molar-refractivity contribution in [2.45, 2.75) is 26.8 Å². The second-order valence-electron chi connectivity index (χ2n) is 2.33. The number of hydrogen-bond donors (Lipinski definition) is 2. The first-order valence-corrected chi connectivity index (χ1v) is 3.52. The van der Waals surface area contributed by atoms with E-state index in [0.717, 1.165) is 17.8 Å². The summed E-state index contributed by atoms with van der Waals surface area (Å²) in [5.41, 5.74) is 8.86. The summed E-state index contributed by atoms with van der Waals surface area (Å²) in [4.78, 5) is 0. The third-order valence-electron chi connectivity index (χ3n) is 1.71. The molecule has 1 heterocycles. The van der Waals surface area contributed by atoms with E-state index < -0.39 is 0 Å². The highest BCUT2D eigenvalue weighted by Crippen LogP contribution is 2.09. The van der Waals surface area contributed by atoms with Crippen LogP contribution in [-0.2, 0) is 13.0 Å². The van der Waals surface area contributed by atoms with E-state index in [1.54, 1.807) is 0 Å². The molecule has 0 bridgehead atoms. The number of hydrogen-bond acceptors (Lipinski definition) is 2. The quantitative estimate of drug-likeness (QED) is 0.635. The van der Waals surface area contributed by atoms with Crippen molar-refractivity contribution in [3.8, 4) is 0 Å². The first-order chi connectivity index (χ1) is 4.79. The number of nitrogens with zero attached hydrogens (tertiary/aromatic N) is 1. The summed E-state index contributed by atoms with van der Waals surface area (Å²) in [7, 11) is 0.